The van der Waals surface area contributed by atoms with Gasteiger partial charge < -0.3 is 31.1 Å². The van der Waals surface area contributed by atoms with Crippen LogP contribution in [0.3, 0.4) is 0 Å². The largest absolute Gasteiger partial charge is 0.363 e. The number of pyridine rings is 1. The van der Waals surface area contributed by atoms with Crippen molar-refractivity contribution >= 4 is 51.8 Å². The Morgan fingerprint density at radius 3 is 2.62 bits per heavy atom. The molecule has 6 rings (SSSR count). The smallest absolute Gasteiger partial charge is 0.318 e. The lowest BCUT2D eigenvalue weighted by atomic mass is 9.95. The number of fused-ring (bicyclic) bond motifs is 2. The summed E-state index contributed by atoms with van der Waals surface area (Å²) in [5.74, 6) is -0.172. The molecule has 2 saturated heterocycles. The summed E-state index contributed by atoms with van der Waals surface area (Å²) >= 11 is 10.1. The zero-order valence-corrected chi connectivity index (χ0v) is 28.9. The number of rotatable bonds is 7. The molecular formula is C33H43BrClN9O3. The molecule has 47 heavy (non-hydrogen) atoms. The molecule has 12 nitrogen and oxygen atoms in total. The third kappa shape index (κ3) is 8.01. The number of nitrogens with zero attached hydrogens (tertiary/aromatic N) is 6. The van der Waals surface area contributed by atoms with Crippen LogP contribution >= 0.6 is 27.5 Å². The summed E-state index contributed by atoms with van der Waals surface area (Å²) in [4.78, 5) is 56.4. The number of nitrogens with two attached hydrogens (primary N) is 1. The van der Waals surface area contributed by atoms with Gasteiger partial charge in [-0.1, -0.05) is 17.7 Å². The molecule has 1 unspecified atom stereocenters. The van der Waals surface area contributed by atoms with Crippen LogP contribution in [0.1, 0.15) is 54.1 Å². The maximum absolute atomic E-state index is 14.0. The molecule has 14 heteroatoms. The van der Waals surface area contributed by atoms with E-state index in [2.05, 4.69) is 53.5 Å². The summed E-state index contributed by atoms with van der Waals surface area (Å²) in [5.41, 5.74) is 9.87. The van der Waals surface area contributed by atoms with Gasteiger partial charge in [-0.3, -0.25) is 19.7 Å². The molecule has 5 amide bonds. The van der Waals surface area contributed by atoms with Crippen LogP contribution in [0.4, 0.5) is 9.59 Å². The molecule has 4 aliphatic rings. The highest BCUT2D eigenvalue weighted by Gasteiger charge is 2.41. The first-order valence-corrected chi connectivity index (χ1v) is 17.7. The van der Waals surface area contributed by atoms with E-state index in [-0.39, 0.29) is 24.0 Å². The molecule has 2 fully saturated rings. The van der Waals surface area contributed by atoms with Crippen molar-refractivity contribution < 1.29 is 14.4 Å². The number of carbonyl (C=O) groups is 3. The number of urea groups is 2. The fourth-order valence-corrected chi connectivity index (χ4v) is 7.74. The molecule has 0 bridgehead atoms. The molecule has 252 valence electrons. The zero-order valence-electron chi connectivity index (χ0n) is 26.5. The second-order valence-corrected chi connectivity index (χ2v) is 14.1. The fourth-order valence-electron chi connectivity index (χ4n) is 7.17. The molecule has 1 aromatic carbocycles. The van der Waals surface area contributed by atoms with Crippen LogP contribution in [0.15, 0.2) is 39.9 Å². The number of piperazine rings is 1. The van der Waals surface area contributed by atoms with E-state index < -0.39 is 12.1 Å². The highest BCUT2D eigenvalue weighted by Crippen LogP contribution is 2.38. The molecule has 0 spiro atoms. The number of likely N-dealkylation sites (tertiary alicyclic amines) is 1. The quantitative estimate of drug-likeness (QED) is 0.375. The Kier molecular flexibility index (Phi) is 10.8. The average Bonchev–Trinajstić information content (AvgIpc) is 3.23. The monoisotopic (exact) mass is 727 g/mol. The second kappa shape index (κ2) is 15.2. The van der Waals surface area contributed by atoms with Crippen molar-refractivity contribution in [1.29, 1.82) is 0 Å². The van der Waals surface area contributed by atoms with E-state index in [4.69, 9.17) is 22.3 Å². The van der Waals surface area contributed by atoms with Crippen LogP contribution < -0.4 is 16.4 Å². The van der Waals surface area contributed by atoms with Gasteiger partial charge in [0.15, 0.2) is 0 Å². The number of amides is 5. The lowest BCUT2D eigenvalue weighted by Crippen LogP contribution is -2.64. The number of aliphatic imine (C=N–C) groups is 1. The van der Waals surface area contributed by atoms with Gasteiger partial charge in [0.2, 0.25) is 5.91 Å². The number of aromatic nitrogens is 1. The molecule has 1 aliphatic carbocycles. The number of carbonyl (C=O) groups excluding carboxylic acids is 3. The lowest BCUT2D eigenvalue weighted by Gasteiger charge is -2.44. The number of aryl methyl sites for hydroxylation is 2. The van der Waals surface area contributed by atoms with Gasteiger partial charge in [-0.2, -0.15) is 0 Å². The van der Waals surface area contributed by atoms with Crippen molar-refractivity contribution in [1.82, 2.24) is 35.2 Å². The van der Waals surface area contributed by atoms with E-state index >= 15 is 0 Å². The highest BCUT2D eigenvalue weighted by atomic mass is 79.9. The predicted octanol–water partition coefficient (Wildman–Crippen LogP) is 3.16. The van der Waals surface area contributed by atoms with E-state index in [1.165, 1.54) is 5.56 Å². The first-order valence-electron chi connectivity index (χ1n) is 16.6. The summed E-state index contributed by atoms with van der Waals surface area (Å²) in [6.07, 6.45) is 8.44. The van der Waals surface area contributed by atoms with Crippen molar-refractivity contribution in [3.8, 4) is 0 Å². The SMILES string of the molecule is NC(=O)N1CCC(NC(=O)N2CCN(C3c4ccc(Cl)cc4CCc4cc(Br)cnc43)C[C@@H]2C(=O)NCCCN2C=NCCC2)CC1. The Morgan fingerprint density at radius 2 is 1.85 bits per heavy atom. The molecule has 4 N–H and O–H groups in total. The summed E-state index contributed by atoms with van der Waals surface area (Å²) in [7, 11) is 0. The molecule has 2 aromatic rings. The fraction of sp³-hybridized carbons (Fsp3) is 0.545. The van der Waals surface area contributed by atoms with Crippen molar-refractivity contribution in [2.45, 2.75) is 56.7 Å². The second-order valence-electron chi connectivity index (χ2n) is 12.8. The number of halogens is 2. The Morgan fingerprint density at radius 1 is 1.04 bits per heavy atom. The van der Waals surface area contributed by atoms with Crippen molar-refractivity contribution in [2.75, 3.05) is 58.9 Å². The van der Waals surface area contributed by atoms with Crippen LogP contribution in [0.25, 0.3) is 0 Å². The van der Waals surface area contributed by atoms with E-state index in [9.17, 15) is 14.4 Å². The van der Waals surface area contributed by atoms with Crippen molar-refractivity contribution in [2.24, 2.45) is 10.7 Å². The van der Waals surface area contributed by atoms with Gasteiger partial charge in [-0.15, -0.1) is 0 Å². The van der Waals surface area contributed by atoms with Gasteiger partial charge in [-0.25, -0.2) is 9.59 Å². The van der Waals surface area contributed by atoms with Gasteiger partial charge in [0, 0.05) is 80.6 Å². The summed E-state index contributed by atoms with van der Waals surface area (Å²) in [5, 5.41) is 6.97. The first kappa shape index (κ1) is 33.5. The first-order chi connectivity index (χ1) is 22.8. The molecule has 4 heterocycles. The van der Waals surface area contributed by atoms with Gasteiger partial charge in [0.05, 0.1) is 18.1 Å². The van der Waals surface area contributed by atoms with Gasteiger partial charge in [0.25, 0.3) is 0 Å². The maximum atomic E-state index is 14.0. The van der Waals surface area contributed by atoms with Crippen LogP contribution in [-0.2, 0) is 17.6 Å². The topological polar surface area (TPSA) is 140 Å². The number of hydrogen-bond donors (Lipinski definition) is 3. The molecule has 1 aromatic heterocycles. The number of hydrogen-bond acceptors (Lipinski definition) is 7. The third-order valence-corrected chi connectivity index (χ3v) is 10.3. The standard InChI is InChI=1S/C33H43BrClN9O3/c34-24-17-23-4-3-22-18-25(35)5-6-27(22)30(29(23)39-19-24)43-15-16-44(33(47)40-26-7-13-42(14-8-26)32(36)46)28(20-43)31(45)38-10-2-12-41-11-1-9-37-21-41/h5-6,17-19,21,26,28,30H,1-4,7-16,20H2,(H2,36,46)(H,38,45)(H,40,47)/t28-,30?/m1/s1. The Balaban J connectivity index is 1.22. The number of primary amides is 1. The Hall–Kier alpha value is -3.42. The lowest BCUT2D eigenvalue weighted by molar-refractivity contribution is -0.127. The van der Waals surface area contributed by atoms with Crippen molar-refractivity contribution in [3.63, 3.8) is 0 Å². The molecule has 3 aliphatic heterocycles. The molecule has 0 radical (unpaired) electrons. The normalized spacial score (nSPS) is 21.9. The maximum Gasteiger partial charge on any atom is 0.318 e. The minimum absolute atomic E-state index is 0.0981. The van der Waals surface area contributed by atoms with Crippen LogP contribution in [0.2, 0.25) is 5.02 Å². The Labute approximate surface area is 289 Å². The number of piperidine rings is 1. The van der Waals surface area contributed by atoms with Crippen LogP contribution in [0.5, 0.6) is 0 Å². The minimum Gasteiger partial charge on any atom is -0.363 e. The average molecular weight is 729 g/mol. The zero-order chi connectivity index (χ0) is 32.9. The van der Waals surface area contributed by atoms with Gasteiger partial charge in [0.1, 0.15) is 6.04 Å². The number of nitrogens with one attached hydrogen (secondary N) is 2. The minimum atomic E-state index is -0.705. The summed E-state index contributed by atoms with van der Waals surface area (Å²) in [6, 6.07) is 6.47. The summed E-state index contributed by atoms with van der Waals surface area (Å²) in [6.45, 7) is 5.43. The highest BCUT2D eigenvalue weighted by molar-refractivity contribution is 9.10. The summed E-state index contributed by atoms with van der Waals surface area (Å²) < 4.78 is 0.926. The van der Waals surface area contributed by atoms with E-state index in [0.717, 1.165) is 66.6 Å². The van der Waals surface area contributed by atoms with Gasteiger partial charge in [-0.05, 0) is 89.3 Å². The molecule has 0 saturated carbocycles. The molecule has 2 atom stereocenters. The van der Waals surface area contributed by atoms with E-state index in [0.29, 0.717) is 57.1 Å². The van der Waals surface area contributed by atoms with Crippen LogP contribution in [-0.4, -0.2) is 120 Å². The van der Waals surface area contributed by atoms with Crippen LogP contribution in [0, 0.1) is 0 Å². The molecular weight excluding hydrogens is 686 g/mol. The predicted molar refractivity (Wildman–Crippen MR) is 185 cm³/mol. The van der Waals surface area contributed by atoms with Gasteiger partial charge >= 0.3 is 12.1 Å². The Bertz CT molecular complexity index is 1450. The van der Waals surface area contributed by atoms with Crippen molar-refractivity contribution in [3.05, 3.63) is 62.3 Å². The third-order valence-electron chi connectivity index (χ3n) is 9.66. The van der Waals surface area contributed by atoms with E-state index in [1.54, 1.807) is 9.80 Å². The number of benzene rings is 1. The van der Waals surface area contributed by atoms with E-state index in [1.807, 2.05) is 24.7 Å².